The molecule has 8 heteroatoms. The monoisotopic (exact) mass is 411 g/mol. The van der Waals surface area contributed by atoms with Crippen molar-refractivity contribution in [2.24, 2.45) is 0 Å². The van der Waals surface area contributed by atoms with Gasteiger partial charge in [-0.15, -0.1) is 10.2 Å². The highest BCUT2D eigenvalue weighted by Gasteiger charge is 2.15. The molecule has 0 unspecified atom stereocenters. The molecule has 0 radical (unpaired) electrons. The summed E-state index contributed by atoms with van der Waals surface area (Å²) < 4.78 is 5.71. The maximum atomic E-state index is 12.0. The summed E-state index contributed by atoms with van der Waals surface area (Å²) >= 11 is 3.47. The molecule has 7 nitrogen and oxygen atoms in total. The van der Waals surface area contributed by atoms with Crippen molar-refractivity contribution in [2.75, 3.05) is 7.11 Å². The molecule has 0 aliphatic rings. The van der Waals surface area contributed by atoms with E-state index in [2.05, 4.69) is 41.5 Å². The normalized spacial score (nSPS) is 11.0. The first-order chi connectivity index (χ1) is 12.7. The number of aromatic amines is 2. The lowest BCUT2D eigenvalue weighted by molar-refractivity contribution is 0.0602. The minimum Gasteiger partial charge on any atom is -0.465 e. The van der Waals surface area contributed by atoms with Gasteiger partial charge in [0, 0.05) is 21.6 Å². The molecular formula is C18H14BrN5O2. The molecule has 26 heavy (non-hydrogen) atoms. The van der Waals surface area contributed by atoms with Crippen LogP contribution in [-0.2, 0) is 11.2 Å². The highest BCUT2D eigenvalue weighted by molar-refractivity contribution is 9.10. The van der Waals surface area contributed by atoms with Crippen molar-refractivity contribution in [3.8, 4) is 11.4 Å². The number of hydrogen-bond acceptors (Lipinski definition) is 5. The fourth-order valence-electron chi connectivity index (χ4n) is 2.95. The number of hydrogen-bond donors (Lipinski definition) is 2. The third-order valence-electron chi connectivity index (χ3n) is 4.20. The van der Waals surface area contributed by atoms with Crippen molar-refractivity contribution in [1.82, 2.24) is 25.6 Å². The van der Waals surface area contributed by atoms with Gasteiger partial charge in [-0.05, 0) is 34.9 Å². The lowest BCUT2D eigenvalue weighted by atomic mass is 10.0. The van der Waals surface area contributed by atoms with E-state index in [1.54, 1.807) is 6.07 Å². The van der Waals surface area contributed by atoms with E-state index in [4.69, 9.17) is 4.74 Å². The van der Waals surface area contributed by atoms with E-state index in [9.17, 15) is 4.79 Å². The number of methoxy groups -OCH3 is 1. The number of esters is 1. The van der Waals surface area contributed by atoms with E-state index >= 15 is 0 Å². The number of tetrazole rings is 1. The second-order valence-electron chi connectivity index (χ2n) is 5.79. The maximum Gasteiger partial charge on any atom is 0.340 e. The number of fused-ring (bicyclic) bond motifs is 1. The summed E-state index contributed by atoms with van der Waals surface area (Å²) in [6.45, 7) is 0. The summed E-state index contributed by atoms with van der Waals surface area (Å²) in [4.78, 5) is 15.2. The molecule has 2 N–H and O–H groups in total. The number of halogens is 1. The molecule has 0 fully saturated rings. The summed E-state index contributed by atoms with van der Waals surface area (Å²) in [6, 6.07) is 11.7. The molecule has 0 aliphatic carbocycles. The van der Waals surface area contributed by atoms with Crippen molar-refractivity contribution < 1.29 is 9.53 Å². The Kier molecular flexibility index (Phi) is 4.26. The Morgan fingerprint density at radius 2 is 2.04 bits per heavy atom. The number of rotatable bonds is 4. The molecule has 4 aromatic rings. The molecule has 4 rings (SSSR count). The minimum atomic E-state index is -0.367. The average Bonchev–Trinajstić information content (AvgIpc) is 3.32. The number of nitrogens with one attached hydrogen (secondary N) is 2. The molecule has 0 aliphatic heterocycles. The second-order valence-corrected chi connectivity index (χ2v) is 6.71. The molecule has 130 valence electrons. The second kappa shape index (κ2) is 6.72. The van der Waals surface area contributed by atoms with Gasteiger partial charge < -0.3 is 9.72 Å². The van der Waals surface area contributed by atoms with Crippen LogP contribution in [0.25, 0.3) is 22.3 Å². The van der Waals surface area contributed by atoms with Crippen LogP contribution in [0, 0.1) is 0 Å². The summed E-state index contributed by atoms with van der Waals surface area (Å²) in [5.74, 6) is 0.199. The van der Waals surface area contributed by atoms with Gasteiger partial charge in [0.05, 0.1) is 18.2 Å². The molecular weight excluding hydrogens is 398 g/mol. The number of aromatic nitrogens is 5. The van der Waals surface area contributed by atoms with E-state index < -0.39 is 0 Å². The van der Waals surface area contributed by atoms with Gasteiger partial charge in [0.15, 0.2) is 0 Å². The van der Waals surface area contributed by atoms with Crippen LogP contribution < -0.4 is 0 Å². The van der Waals surface area contributed by atoms with Crippen LogP contribution in [0.4, 0.5) is 0 Å². The van der Waals surface area contributed by atoms with Crippen molar-refractivity contribution in [2.45, 2.75) is 6.42 Å². The van der Waals surface area contributed by atoms with Gasteiger partial charge in [-0.1, -0.05) is 40.2 Å². The van der Waals surface area contributed by atoms with Crippen molar-refractivity contribution in [3.63, 3.8) is 0 Å². The van der Waals surface area contributed by atoms with Crippen LogP contribution in [-0.4, -0.2) is 38.7 Å². The van der Waals surface area contributed by atoms with Crippen LogP contribution >= 0.6 is 15.9 Å². The lowest BCUT2D eigenvalue weighted by Gasteiger charge is -2.05. The zero-order chi connectivity index (χ0) is 18.1. The molecule has 2 heterocycles. The lowest BCUT2D eigenvalue weighted by Crippen LogP contribution is -2.02. The van der Waals surface area contributed by atoms with Gasteiger partial charge in [0.1, 0.15) is 0 Å². The number of carbonyl (C=O) groups excluding carboxylic acids is 1. The van der Waals surface area contributed by atoms with Gasteiger partial charge in [0.2, 0.25) is 5.82 Å². The molecule has 0 amide bonds. The Labute approximate surface area is 156 Å². The highest BCUT2D eigenvalue weighted by atomic mass is 79.9. The van der Waals surface area contributed by atoms with E-state index in [0.717, 1.165) is 38.5 Å². The number of ether oxygens (including phenoxy) is 1. The zero-order valence-corrected chi connectivity index (χ0v) is 15.4. The smallest absolute Gasteiger partial charge is 0.340 e. The van der Waals surface area contributed by atoms with Crippen molar-refractivity contribution >= 4 is 32.8 Å². The standard InChI is InChI=1S/C18H14BrN5O2/c1-26-18(25)15-8-13(19)7-14-12(9-20-16(14)15)6-10-2-4-11(5-3-10)17-21-23-24-22-17/h2-5,7-9,20H,6H2,1H3,(H,21,22,23,24). The van der Waals surface area contributed by atoms with Gasteiger partial charge in [-0.3, -0.25) is 0 Å². The number of nitrogens with zero attached hydrogens (tertiary/aromatic N) is 3. The summed E-state index contributed by atoms with van der Waals surface area (Å²) in [7, 11) is 1.38. The van der Waals surface area contributed by atoms with E-state index in [-0.39, 0.29) is 5.97 Å². The third kappa shape index (κ3) is 2.99. The molecule has 2 aromatic heterocycles. The van der Waals surface area contributed by atoms with Crippen molar-refractivity contribution in [3.05, 3.63) is 63.8 Å². The molecule has 0 spiro atoms. The van der Waals surface area contributed by atoms with Crippen LogP contribution in [0.5, 0.6) is 0 Å². The summed E-state index contributed by atoms with van der Waals surface area (Å²) in [5, 5.41) is 15.0. The van der Waals surface area contributed by atoms with Crippen LogP contribution in [0.15, 0.2) is 47.1 Å². The number of H-pyrrole nitrogens is 2. The zero-order valence-electron chi connectivity index (χ0n) is 13.8. The topological polar surface area (TPSA) is 96.6 Å². The Morgan fingerprint density at radius 3 is 2.73 bits per heavy atom. The summed E-state index contributed by atoms with van der Waals surface area (Å²) in [5.41, 5.74) is 4.42. The predicted molar refractivity (Wildman–Crippen MR) is 99.8 cm³/mol. The first-order valence-corrected chi connectivity index (χ1v) is 8.65. The van der Waals surface area contributed by atoms with Crippen LogP contribution in [0.2, 0.25) is 0 Å². The average molecular weight is 412 g/mol. The Morgan fingerprint density at radius 1 is 1.23 bits per heavy atom. The van der Waals surface area contributed by atoms with Gasteiger partial charge in [0.25, 0.3) is 0 Å². The first-order valence-electron chi connectivity index (χ1n) is 7.86. The fraction of sp³-hybridized carbons (Fsp3) is 0.111. The molecule has 0 saturated heterocycles. The Balaban J connectivity index is 1.67. The van der Waals surface area contributed by atoms with E-state index in [0.29, 0.717) is 11.4 Å². The SMILES string of the molecule is COC(=O)c1cc(Br)cc2c(Cc3ccc(-c4nn[nH]n4)cc3)c[nH]c12. The molecule has 0 saturated carbocycles. The van der Waals surface area contributed by atoms with E-state index in [1.807, 2.05) is 36.5 Å². The molecule has 0 bridgehead atoms. The van der Waals surface area contributed by atoms with Gasteiger partial charge in [-0.25, -0.2) is 4.79 Å². The van der Waals surface area contributed by atoms with Crippen LogP contribution in [0.1, 0.15) is 21.5 Å². The van der Waals surface area contributed by atoms with Gasteiger partial charge in [-0.2, -0.15) is 5.21 Å². The third-order valence-corrected chi connectivity index (χ3v) is 4.66. The summed E-state index contributed by atoms with van der Waals surface area (Å²) in [6.07, 6.45) is 2.65. The highest BCUT2D eigenvalue weighted by Crippen LogP contribution is 2.29. The Hall–Kier alpha value is -3.00. The predicted octanol–water partition coefficient (Wildman–Crippen LogP) is 3.49. The van der Waals surface area contributed by atoms with Gasteiger partial charge >= 0.3 is 5.97 Å². The fourth-order valence-corrected chi connectivity index (χ4v) is 3.40. The quantitative estimate of drug-likeness (QED) is 0.501. The minimum absolute atomic E-state index is 0.367. The molecule has 0 atom stereocenters. The number of carbonyl (C=O) groups is 1. The van der Waals surface area contributed by atoms with Crippen molar-refractivity contribution in [1.29, 1.82) is 0 Å². The number of benzene rings is 2. The first kappa shape index (κ1) is 16.5. The Bertz CT molecular complexity index is 1070. The largest absolute Gasteiger partial charge is 0.465 e. The van der Waals surface area contributed by atoms with E-state index in [1.165, 1.54) is 7.11 Å². The van der Waals surface area contributed by atoms with Crippen LogP contribution in [0.3, 0.4) is 0 Å². The maximum absolute atomic E-state index is 12.0. The molecule has 2 aromatic carbocycles.